The van der Waals surface area contributed by atoms with Crippen molar-refractivity contribution in [3.05, 3.63) is 24.3 Å². The molecule has 0 unspecified atom stereocenters. The van der Waals surface area contributed by atoms with Crippen molar-refractivity contribution in [2.24, 2.45) is 0 Å². The molecule has 0 aliphatic carbocycles. The molecule has 17 heavy (non-hydrogen) atoms. The number of aromatic hydroxyl groups is 1. The number of phenols is 1. The standard InChI is InChI=1S/C14H21NO2/c1-3-4-5-6-10-14(17)15(2)12-8-7-9-13(16)11-12/h7-9,11,16H,3-6,10H2,1-2H3. The fraction of sp³-hybridized carbons (Fsp3) is 0.500. The average Bonchev–Trinajstić information content (AvgIpc) is 2.33. The molecule has 0 saturated carbocycles. The van der Waals surface area contributed by atoms with Crippen LogP contribution in [0.25, 0.3) is 0 Å². The second-order valence-electron chi connectivity index (χ2n) is 4.28. The zero-order valence-electron chi connectivity index (χ0n) is 10.6. The third-order valence-corrected chi connectivity index (χ3v) is 2.84. The molecule has 0 aliphatic rings. The van der Waals surface area contributed by atoms with Crippen molar-refractivity contribution >= 4 is 11.6 Å². The van der Waals surface area contributed by atoms with E-state index in [9.17, 15) is 9.90 Å². The smallest absolute Gasteiger partial charge is 0.226 e. The van der Waals surface area contributed by atoms with Gasteiger partial charge in [-0.2, -0.15) is 0 Å². The third kappa shape index (κ3) is 4.47. The highest BCUT2D eigenvalue weighted by Gasteiger charge is 2.10. The maximum atomic E-state index is 11.9. The van der Waals surface area contributed by atoms with Crippen LogP contribution in [0.5, 0.6) is 5.75 Å². The van der Waals surface area contributed by atoms with Crippen molar-refractivity contribution in [3.63, 3.8) is 0 Å². The maximum absolute atomic E-state index is 11.9. The Morgan fingerprint density at radius 3 is 2.71 bits per heavy atom. The normalized spacial score (nSPS) is 10.2. The zero-order valence-corrected chi connectivity index (χ0v) is 10.6. The molecule has 0 aromatic heterocycles. The van der Waals surface area contributed by atoms with E-state index in [0.717, 1.165) is 18.5 Å². The van der Waals surface area contributed by atoms with Gasteiger partial charge in [0.05, 0.1) is 0 Å². The number of hydrogen-bond donors (Lipinski definition) is 1. The van der Waals surface area contributed by atoms with Gasteiger partial charge in [-0.05, 0) is 18.6 Å². The third-order valence-electron chi connectivity index (χ3n) is 2.84. The van der Waals surface area contributed by atoms with Gasteiger partial charge in [0.15, 0.2) is 0 Å². The van der Waals surface area contributed by atoms with Gasteiger partial charge in [-0.3, -0.25) is 4.79 Å². The molecule has 0 heterocycles. The first-order chi connectivity index (χ1) is 8.15. The Morgan fingerprint density at radius 2 is 2.06 bits per heavy atom. The number of nitrogens with zero attached hydrogens (tertiary/aromatic N) is 1. The lowest BCUT2D eigenvalue weighted by molar-refractivity contribution is -0.118. The van der Waals surface area contributed by atoms with Gasteiger partial charge in [0.1, 0.15) is 5.75 Å². The van der Waals surface area contributed by atoms with Crippen LogP contribution in [-0.2, 0) is 4.79 Å². The Kier molecular flexibility index (Phi) is 5.53. The fourth-order valence-electron chi connectivity index (χ4n) is 1.72. The lowest BCUT2D eigenvalue weighted by atomic mass is 10.1. The van der Waals surface area contributed by atoms with Gasteiger partial charge in [-0.15, -0.1) is 0 Å². The number of anilines is 1. The van der Waals surface area contributed by atoms with E-state index in [0.29, 0.717) is 6.42 Å². The van der Waals surface area contributed by atoms with Gasteiger partial charge in [0.25, 0.3) is 0 Å². The Hall–Kier alpha value is -1.51. The van der Waals surface area contributed by atoms with Gasteiger partial charge < -0.3 is 10.0 Å². The molecular formula is C14H21NO2. The Bertz CT molecular complexity index is 363. The zero-order chi connectivity index (χ0) is 12.7. The Balaban J connectivity index is 2.46. The molecule has 1 aromatic rings. The predicted molar refractivity (Wildman–Crippen MR) is 70.3 cm³/mol. The molecule has 0 fully saturated rings. The monoisotopic (exact) mass is 235 g/mol. The van der Waals surface area contributed by atoms with Crippen LogP contribution in [-0.4, -0.2) is 18.1 Å². The second kappa shape index (κ2) is 6.94. The van der Waals surface area contributed by atoms with Crippen LogP contribution in [0.2, 0.25) is 0 Å². The van der Waals surface area contributed by atoms with Crippen molar-refractivity contribution in [3.8, 4) is 5.75 Å². The van der Waals surface area contributed by atoms with Crippen LogP contribution >= 0.6 is 0 Å². The summed E-state index contributed by atoms with van der Waals surface area (Å²) in [4.78, 5) is 13.5. The summed E-state index contributed by atoms with van der Waals surface area (Å²) < 4.78 is 0. The lowest BCUT2D eigenvalue weighted by Gasteiger charge is -2.17. The van der Waals surface area contributed by atoms with E-state index in [2.05, 4.69) is 6.92 Å². The molecule has 1 amide bonds. The molecule has 0 saturated heterocycles. The van der Waals surface area contributed by atoms with E-state index in [-0.39, 0.29) is 11.7 Å². The summed E-state index contributed by atoms with van der Waals surface area (Å²) in [5.41, 5.74) is 0.741. The summed E-state index contributed by atoms with van der Waals surface area (Å²) in [7, 11) is 1.75. The van der Waals surface area contributed by atoms with Crippen LogP contribution in [0.3, 0.4) is 0 Å². The predicted octanol–water partition coefficient (Wildman–Crippen LogP) is 3.33. The van der Waals surface area contributed by atoms with E-state index < -0.39 is 0 Å². The number of rotatable bonds is 6. The van der Waals surface area contributed by atoms with Crippen molar-refractivity contribution in [2.45, 2.75) is 39.0 Å². The van der Waals surface area contributed by atoms with Crippen molar-refractivity contribution in [2.75, 3.05) is 11.9 Å². The van der Waals surface area contributed by atoms with Crippen LogP contribution < -0.4 is 4.90 Å². The first-order valence-corrected chi connectivity index (χ1v) is 6.20. The van der Waals surface area contributed by atoms with Crippen LogP contribution in [0.1, 0.15) is 39.0 Å². The van der Waals surface area contributed by atoms with Crippen molar-refractivity contribution < 1.29 is 9.90 Å². The number of phenolic OH excluding ortho intramolecular Hbond substituents is 1. The molecule has 0 radical (unpaired) electrons. The molecule has 0 bridgehead atoms. The fourth-order valence-corrected chi connectivity index (χ4v) is 1.72. The number of amides is 1. The van der Waals surface area contributed by atoms with E-state index in [1.54, 1.807) is 30.1 Å². The number of carbonyl (C=O) groups excluding carboxylic acids is 1. The summed E-state index contributed by atoms with van der Waals surface area (Å²) in [6.07, 6.45) is 4.98. The first kappa shape index (κ1) is 13.6. The number of hydrogen-bond acceptors (Lipinski definition) is 2. The second-order valence-corrected chi connectivity index (χ2v) is 4.28. The van der Waals surface area contributed by atoms with Crippen LogP contribution in [0, 0.1) is 0 Å². The van der Waals surface area contributed by atoms with E-state index >= 15 is 0 Å². The summed E-state index contributed by atoms with van der Waals surface area (Å²) in [6, 6.07) is 6.77. The molecule has 0 spiro atoms. The van der Waals surface area contributed by atoms with Crippen molar-refractivity contribution in [1.82, 2.24) is 0 Å². The summed E-state index contributed by atoms with van der Waals surface area (Å²) in [5, 5.41) is 9.35. The molecule has 0 atom stereocenters. The molecule has 1 rings (SSSR count). The van der Waals surface area contributed by atoms with Crippen LogP contribution in [0.4, 0.5) is 5.69 Å². The van der Waals surface area contributed by atoms with Gasteiger partial charge in [-0.1, -0.05) is 32.3 Å². The van der Waals surface area contributed by atoms with E-state index in [1.807, 2.05) is 6.07 Å². The lowest BCUT2D eigenvalue weighted by Crippen LogP contribution is -2.25. The van der Waals surface area contributed by atoms with Gasteiger partial charge in [0.2, 0.25) is 5.91 Å². The SMILES string of the molecule is CCCCCCC(=O)N(C)c1cccc(O)c1. The topological polar surface area (TPSA) is 40.5 Å². The molecule has 0 aliphatic heterocycles. The maximum Gasteiger partial charge on any atom is 0.226 e. The highest BCUT2D eigenvalue weighted by atomic mass is 16.3. The molecule has 1 N–H and O–H groups in total. The number of unbranched alkanes of at least 4 members (excludes halogenated alkanes) is 3. The Labute approximate surface area is 103 Å². The van der Waals surface area contributed by atoms with Crippen LogP contribution in [0.15, 0.2) is 24.3 Å². The van der Waals surface area contributed by atoms with E-state index in [1.165, 1.54) is 12.8 Å². The van der Waals surface area contributed by atoms with Crippen molar-refractivity contribution in [1.29, 1.82) is 0 Å². The van der Waals surface area contributed by atoms with E-state index in [4.69, 9.17) is 0 Å². The first-order valence-electron chi connectivity index (χ1n) is 6.20. The minimum Gasteiger partial charge on any atom is -0.508 e. The molecular weight excluding hydrogens is 214 g/mol. The number of carbonyl (C=O) groups is 1. The summed E-state index contributed by atoms with van der Waals surface area (Å²) >= 11 is 0. The molecule has 3 nitrogen and oxygen atoms in total. The largest absolute Gasteiger partial charge is 0.508 e. The minimum absolute atomic E-state index is 0.103. The quantitative estimate of drug-likeness (QED) is 0.768. The molecule has 94 valence electrons. The molecule has 1 aromatic carbocycles. The summed E-state index contributed by atoms with van der Waals surface area (Å²) in [5.74, 6) is 0.292. The van der Waals surface area contributed by atoms with Gasteiger partial charge in [0, 0.05) is 25.2 Å². The Morgan fingerprint density at radius 1 is 1.29 bits per heavy atom. The highest BCUT2D eigenvalue weighted by molar-refractivity contribution is 5.92. The highest BCUT2D eigenvalue weighted by Crippen LogP contribution is 2.19. The van der Waals surface area contributed by atoms with Gasteiger partial charge in [-0.25, -0.2) is 0 Å². The molecule has 3 heteroatoms. The summed E-state index contributed by atoms with van der Waals surface area (Å²) in [6.45, 7) is 2.15. The van der Waals surface area contributed by atoms with Gasteiger partial charge >= 0.3 is 0 Å². The number of benzene rings is 1. The average molecular weight is 235 g/mol. The minimum atomic E-state index is 0.103.